The molecule has 19 heavy (non-hydrogen) atoms. The topological polar surface area (TPSA) is 84.2 Å². The lowest BCUT2D eigenvalue weighted by molar-refractivity contribution is 0.599. The van der Waals surface area contributed by atoms with Gasteiger partial charge in [0.15, 0.2) is 14.9 Å². The highest BCUT2D eigenvalue weighted by molar-refractivity contribution is 7.91. The Kier molecular flexibility index (Phi) is 7.35. The summed E-state index contributed by atoms with van der Waals surface area (Å²) >= 11 is 11.1. The number of nitrogens with two attached hydrogens (primary N) is 1. The van der Waals surface area contributed by atoms with Crippen molar-refractivity contribution in [3.05, 3.63) is 0 Å². The van der Waals surface area contributed by atoms with Crippen molar-refractivity contribution in [3.63, 3.8) is 0 Å². The Morgan fingerprint density at radius 3 is 2.53 bits per heavy atom. The molecule has 1 aliphatic rings. The molecule has 1 fully saturated rings. The van der Waals surface area contributed by atoms with E-state index in [0.29, 0.717) is 5.11 Å². The van der Waals surface area contributed by atoms with Crippen LogP contribution in [0, 0.1) is 0 Å². The Hall–Kier alpha value is -0.110. The fraction of sp³-hybridized carbons (Fsp3) is 0.909. The van der Waals surface area contributed by atoms with Crippen LogP contribution in [-0.2, 0) is 9.84 Å². The molecule has 0 spiro atoms. The van der Waals surface area contributed by atoms with Crippen LogP contribution in [0.25, 0.3) is 0 Å². The van der Waals surface area contributed by atoms with E-state index in [2.05, 4.69) is 10.6 Å². The van der Waals surface area contributed by atoms with Crippen LogP contribution in [0.15, 0.2) is 0 Å². The number of hydrogen-bond donors (Lipinski definition) is 3. The molecule has 5 nitrogen and oxygen atoms in total. The highest BCUT2D eigenvalue weighted by Crippen LogP contribution is 2.17. The van der Waals surface area contributed by atoms with Crippen LogP contribution in [0.4, 0.5) is 0 Å². The third-order valence-corrected chi connectivity index (χ3v) is 5.65. The molecule has 0 radical (unpaired) electrons. The van der Waals surface area contributed by atoms with E-state index in [4.69, 9.17) is 29.6 Å². The van der Waals surface area contributed by atoms with Gasteiger partial charge in [0.05, 0.1) is 22.9 Å². The first-order valence-corrected chi connectivity index (χ1v) is 9.20. The molecule has 0 amide bonds. The average molecular weight is 328 g/mol. The average Bonchev–Trinajstić information content (AvgIpc) is 2.56. The molecular formula is C11H22ClN3O2S2. The van der Waals surface area contributed by atoms with Gasteiger partial charge in [0.1, 0.15) is 0 Å². The molecule has 1 saturated heterocycles. The zero-order chi connectivity index (χ0) is 14.3. The predicted molar refractivity (Wildman–Crippen MR) is 83.3 cm³/mol. The summed E-state index contributed by atoms with van der Waals surface area (Å²) in [4.78, 5) is 0. The van der Waals surface area contributed by atoms with Crippen LogP contribution in [-0.4, -0.2) is 49.5 Å². The number of thiocarbonyl (C=S) groups is 1. The molecule has 1 heterocycles. The van der Waals surface area contributed by atoms with Crippen molar-refractivity contribution < 1.29 is 8.42 Å². The highest BCUT2D eigenvalue weighted by atomic mass is 35.5. The molecule has 0 aliphatic carbocycles. The van der Waals surface area contributed by atoms with E-state index in [-0.39, 0.29) is 17.5 Å². The van der Waals surface area contributed by atoms with Crippen molar-refractivity contribution in [3.8, 4) is 0 Å². The van der Waals surface area contributed by atoms with Gasteiger partial charge in [-0.05, 0) is 31.6 Å². The number of nitrogens with one attached hydrogen (secondary N) is 2. The molecule has 0 bridgehead atoms. The SMILES string of the molecule is NCCCCCCNC(=S)N[C@H]1CS(=O)(=O)C[C@H]1Cl. The molecule has 2 atom stereocenters. The molecule has 0 aromatic rings. The van der Waals surface area contributed by atoms with E-state index in [9.17, 15) is 8.42 Å². The summed E-state index contributed by atoms with van der Waals surface area (Å²) < 4.78 is 22.8. The van der Waals surface area contributed by atoms with Crippen molar-refractivity contribution >= 4 is 38.8 Å². The quantitative estimate of drug-likeness (QED) is 0.356. The summed E-state index contributed by atoms with van der Waals surface area (Å²) in [5.74, 6) is 0.0768. The molecule has 0 aromatic heterocycles. The number of alkyl halides is 1. The van der Waals surface area contributed by atoms with Gasteiger partial charge in [-0.1, -0.05) is 12.8 Å². The number of rotatable bonds is 7. The molecule has 1 rings (SSSR count). The van der Waals surface area contributed by atoms with E-state index in [1.165, 1.54) is 0 Å². The van der Waals surface area contributed by atoms with Gasteiger partial charge in [0.25, 0.3) is 0 Å². The largest absolute Gasteiger partial charge is 0.363 e. The van der Waals surface area contributed by atoms with Gasteiger partial charge in [0.2, 0.25) is 0 Å². The highest BCUT2D eigenvalue weighted by Gasteiger charge is 2.36. The van der Waals surface area contributed by atoms with E-state index >= 15 is 0 Å². The summed E-state index contributed by atoms with van der Waals surface area (Å²) in [7, 11) is -3.02. The second-order valence-corrected chi connectivity index (χ2v) is 7.93. The first-order valence-electron chi connectivity index (χ1n) is 6.53. The maximum atomic E-state index is 11.4. The lowest BCUT2D eigenvalue weighted by Gasteiger charge is -2.17. The lowest BCUT2D eigenvalue weighted by Crippen LogP contribution is -2.46. The first-order chi connectivity index (χ1) is 8.94. The molecule has 0 saturated carbocycles. The van der Waals surface area contributed by atoms with Crippen molar-refractivity contribution in [2.24, 2.45) is 5.73 Å². The minimum absolute atomic E-state index is 0.0218. The van der Waals surface area contributed by atoms with Crippen LogP contribution in [0.2, 0.25) is 0 Å². The third-order valence-electron chi connectivity index (χ3n) is 3.02. The number of unbranched alkanes of at least 4 members (excludes halogenated alkanes) is 3. The van der Waals surface area contributed by atoms with Crippen molar-refractivity contribution in [2.45, 2.75) is 37.1 Å². The van der Waals surface area contributed by atoms with Gasteiger partial charge < -0.3 is 16.4 Å². The maximum absolute atomic E-state index is 11.4. The number of halogens is 1. The number of hydrogen-bond acceptors (Lipinski definition) is 4. The van der Waals surface area contributed by atoms with Gasteiger partial charge >= 0.3 is 0 Å². The monoisotopic (exact) mass is 327 g/mol. The fourth-order valence-corrected chi connectivity index (χ4v) is 4.78. The fourth-order valence-electron chi connectivity index (χ4n) is 1.98. The third kappa shape index (κ3) is 6.74. The maximum Gasteiger partial charge on any atom is 0.166 e. The molecule has 4 N–H and O–H groups in total. The molecule has 0 aromatic carbocycles. The molecule has 112 valence electrons. The summed E-state index contributed by atoms with van der Waals surface area (Å²) in [5, 5.41) is 6.12. The van der Waals surface area contributed by atoms with E-state index < -0.39 is 15.2 Å². The molecule has 0 unspecified atom stereocenters. The minimum Gasteiger partial charge on any atom is -0.363 e. The second-order valence-electron chi connectivity index (χ2n) is 4.80. The van der Waals surface area contributed by atoms with Gasteiger partial charge in [-0.15, -0.1) is 11.6 Å². The second kappa shape index (κ2) is 8.24. The van der Waals surface area contributed by atoms with Crippen molar-refractivity contribution in [1.29, 1.82) is 0 Å². The number of sulfone groups is 1. The Bertz CT molecular complexity index is 389. The summed E-state index contributed by atoms with van der Waals surface area (Å²) in [6.07, 6.45) is 4.32. The zero-order valence-corrected chi connectivity index (χ0v) is 13.3. The van der Waals surface area contributed by atoms with Gasteiger partial charge in [-0.3, -0.25) is 0 Å². The summed E-state index contributed by atoms with van der Waals surface area (Å²) in [6, 6.07) is -0.288. The van der Waals surface area contributed by atoms with E-state index in [0.717, 1.165) is 38.8 Å². The summed E-state index contributed by atoms with van der Waals surface area (Å²) in [5.41, 5.74) is 5.41. The minimum atomic E-state index is -3.02. The lowest BCUT2D eigenvalue weighted by atomic mass is 10.2. The Labute approximate surface area is 125 Å². The van der Waals surface area contributed by atoms with Crippen LogP contribution in [0.3, 0.4) is 0 Å². The van der Waals surface area contributed by atoms with Crippen molar-refractivity contribution in [2.75, 3.05) is 24.6 Å². The Morgan fingerprint density at radius 2 is 1.95 bits per heavy atom. The van der Waals surface area contributed by atoms with Crippen LogP contribution in [0.5, 0.6) is 0 Å². The molecule has 8 heteroatoms. The van der Waals surface area contributed by atoms with Gasteiger partial charge in [-0.2, -0.15) is 0 Å². The van der Waals surface area contributed by atoms with E-state index in [1.54, 1.807) is 0 Å². The van der Waals surface area contributed by atoms with Crippen LogP contribution in [0.1, 0.15) is 25.7 Å². The predicted octanol–water partition coefficient (Wildman–Crippen LogP) is 0.374. The van der Waals surface area contributed by atoms with E-state index in [1.807, 2.05) is 0 Å². The van der Waals surface area contributed by atoms with Gasteiger partial charge in [-0.25, -0.2) is 8.42 Å². The molecular weight excluding hydrogens is 306 g/mol. The standard InChI is InChI=1S/C11H22ClN3O2S2/c12-9-7-19(16,17)8-10(9)15-11(18)14-6-4-2-1-3-5-13/h9-10H,1-8,13H2,(H2,14,15,18)/t9-,10+/m1/s1. The normalized spacial score (nSPS) is 25.2. The Balaban J connectivity index is 2.14. The van der Waals surface area contributed by atoms with Crippen molar-refractivity contribution in [1.82, 2.24) is 10.6 Å². The van der Waals surface area contributed by atoms with Crippen LogP contribution >= 0.6 is 23.8 Å². The summed E-state index contributed by atoms with van der Waals surface area (Å²) in [6.45, 7) is 1.52. The Morgan fingerprint density at radius 1 is 1.26 bits per heavy atom. The van der Waals surface area contributed by atoms with Gasteiger partial charge in [0, 0.05) is 6.54 Å². The first kappa shape index (κ1) is 16.9. The molecule has 1 aliphatic heterocycles. The van der Waals surface area contributed by atoms with Crippen LogP contribution < -0.4 is 16.4 Å². The smallest absolute Gasteiger partial charge is 0.166 e. The zero-order valence-electron chi connectivity index (χ0n) is 10.9.